The summed E-state index contributed by atoms with van der Waals surface area (Å²) >= 11 is 1.72. The van der Waals surface area contributed by atoms with Crippen LogP contribution < -0.4 is 5.43 Å². The lowest BCUT2D eigenvalue weighted by Gasteiger charge is -2.24. The SMILES string of the molecule is CC1=CC=CN2NC(CCc3nc(-c4cccs4)cn3C)=NC12. The molecule has 0 bridgehead atoms. The Bertz CT molecular complexity index is 797. The highest BCUT2D eigenvalue weighted by Crippen LogP contribution is 2.24. The van der Waals surface area contributed by atoms with Crippen LogP contribution in [0.15, 0.2) is 52.6 Å². The van der Waals surface area contributed by atoms with E-state index in [1.165, 1.54) is 10.5 Å². The molecule has 1 N–H and O–H groups in total. The number of hydrogen-bond acceptors (Lipinski definition) is 5. The van der Waals surface area contributed by atoms with Gasteiger partial charge in [-0.2, -0.15) is 0 Å². The van der Waals surface area contributed by atoms with Crippen molar-refractivity contribution in [1.82, 2.24) is 20.0 Å². The fourth-order valence-corrected chi connectivity index (χ4v) is 3.57. The van der Waals surface area contributed by atoms with E-state index in [9.17, 15) is 0 Å². The average molecular weight is 325 g/mol. The second-order valence-corrected chi connectivity index (χ2v) is 6.80. The average Bonchev–Trinajstić information content (AvgIpc) is 3.24. The molecule has 2 aliphatic heterocycles. The molecule has 0 radical (unpaired) electrons. The zero-order valence-corrected chi connectivity index (χ0v) is 14.0. The first-order valence-corrected chi connectivity index (χ1v) is 8.61. The number of allylic oxidation sites excluding steroid dienone is 2. The molecule has 4 heterocycles. The lowest BCUT2D eigenvalue weighted by atomic mass is 10.2. The molecule has 2 aliphatic rings. The Morgan fingerprint density at radius 1 is 1.35 bits per heavy atom. The van der Waals surface area contributed by atoms with E-state index in [-0.39, 0.29) is 6.17 Å². The lowest BCUT2D eigenvalue weighted by Crippen LogP contribution is -2.38. The Morgan fingerprint density at radius 3 is 3.04 bits per heavy atom. The van der Waals surface area contributed by atoms with Crippen molar-refractivity contribution in [2.75, 3.05) is 0 Å². The summed E-state index contributed by atoms with van der Waals surface area (Å²) in [6.07, 6.45) is 10.1. The Hall–Kier alpha value is -2.34. The van der Waals surface area contributed by atoms with Gasteiger partial charge < -0.3 is 4.57 Å². The first kappa shape index (κ1) is 14.3. The van der Waals surface area contributed by atoms with E-state index in [1.807, 2.05) is 12.3 Å². The molecule has 0 aromatic carbocycles. The summed E-state index contributed by atoms with van der Waals surface area (Å²) < 4.78 is 2.11. The van der Waals surface area contributed by atoms with Crippen molar-refractivity contribution >= 4 is 17.2 Å². The molecule has 0 amide bonds. The minimum atomic E-state index is 0.109. The number of aryl methyl sites for hydroxylation is 2. The molecule has 5 nitrogen and oxygen atoms in total. The molecule has 0 saturated carbocycles. The smallest absolute Gasteiger partial charge is 0.162 e. The molecule has 23 heavy (non-hydrogen) atoms. The number of aliphatic imine (C=N–C) groups is 1. The largest absolute Gasteiger partial charge is 0.337 e. The second-order valence-electron chi connectivity index (χ2n) is 5.85. The Morgan fingerprint density at radius 2 is 2.26 bits per heavy atom. The molecule has 1 unspecified atom stereocenters. The predicted molar refractivity (Wildman–Crippen MR) is 93.9 cm³/mol. The van der Waals surface area contributed by atoms with Crippen molar-refractivity contribution in [2.24, 2.45) is 12.0 Å². The quantitative estimate of drug-likeness (QED) is 0.939. The van der Waals surface area contributed by atoms with Crippen LogP contribution in [0.3, 0.4) is 0 Å². The zero-order valence-electron chi connectivity index (χ0n) is 13.2. The molecule has 2 aromatic heterocycles. The molecule has 0 saturated heterocycles. The monoisotopic (exact) mass is 325 g/mol. The van der Waals surface area contributed by atoms with Gasteiger partial charge in [0.1, 0.15) is 11.7 Å². The van der Waals surface area contributed by atoms with E-state index in [4.69, 9.17) is 9.98 Å². The number of aromatic nitrogens is 2. The van der Waals surface area contributed by atoms with Gasteiger partial charge in [0.2, 0.25) is 0 Å². The van der Waals surface area contributed by atoms with Gasteiger partial charge in [0.05, 0.1) is 10.6 Å². The van der Waals surface area contributed by atoms with E-state index < -0.39 is 0 Å². The van der Waals surface area contributed by atoms with Crippen molar-refractivity contribution in [3.05, 3.63) is 53.5 Å². The number of hydrazine groups is 1. The van der Waals surface area contributed by atoms with E-state index in [1.54, 1.807) is 11.3 Å². The first-order chi connectivity index (χ1) is 11.2. The Labute approximate surface area is 139 Å². The first-order valence-electron chi connectivity index (χ1n) is 7.73. The predicted octanol–water partition coefficient (Wildman–Crippen LogP) is 3.10. The highest BCUT2D eigenvalue weighted by Gasteiger charge is 2.26. The summed E-state index contributed by atoms with van der Waals surface area (Å²) in [5, 5.41) is 4.14. The molecule has 4 rings (SSSR count). The number of fused-ring (bicyclic) bond motifs is 1. The summed E-state index contributed by atoms with van der Waals surface area (Å²) in [6, 6.07) is 4.17. The molecule has 6 heteroatoms. The van der Waals surface area contributed by atoms with Gasteiger partial charge in [-0.25, -0.2) is 9.98 Å². The maximum absolute atomic E-state index is 4.77. The number of imidazole rings is 1. The topological polar surface area (TPSA) is 45.5 Å². The van der Waals surface area contributed by atoms with Crippen molar-refractivity contribution in [1.29, 1.82) is 0 Å². The molecule has 0 aliphatic carbocycles. The summed E-state index contributed by atoms with van der Waals surface area (Å²) in [5.74, 6) is 2.11. The summed E-state index contributed by atoms with van der Waals surface area (Å²) in [5.41, 5.74) is 5.68. The van der Waals surface area contributed by atoms with Crippen LogP contribution in [0.1, 0.15) is 19.2 Å². The maximum atomic E-state index is 4.77. The minimum absolute atomic E-state index is 0.109. The van der Waals surface area contributed by atoms with Gasteiger partial charge in [0.15, 0.2) is 6.17 Å². The highest BCUT2D eigenvalue weighted by atomic mass is 32.1. The Kier molecular flexibility index (Phi) is 3.53. The van der Waals surface area contributed by atoms with Crippen molar-refractivity contribution in [2.45, 2.75) is 25.9 Å². The van der Waals surface area contributed by atoms with Crippen LogP contribution in [0.2, 0.25) is 0 Å². The van der Waals surface area contributed by atoms with Gasteiger partial charge in [-0.1, -0.05) is 12.1 Å². The number of amidine groups is 1. The molecular formula is C17H19N5S. The lowest BCUT2D eigenvalue weighted by molar-refractivity contribution is 0.301. The summed E-state index contributed by atoms with van der Waals surface area (Å²) in [6.45, 7) is 2.11. The fourth-order valence-electron chi connectivity index (χ4n) is 2.89. The maximum Gasteiger partial charge on any atom is 0.162 e. The molecule has 1 atom stereocenters. The van der Waals surface area contributed by atoms with Gasteiger partial charge in [-0.15, -0.1) is 11.3 Å². The van der Waals surface area contributed by atoms with Crippen molar-refractivity contribution in [3.8, 4) is 10.6 Å². The van der Waals surface area contributed by atoms with Gasteiger partial charge >= 0.3 is 0 Å². The van der Waals surface area contributed by atoms with Crippen LogP contribution >= 0.6 is 11.3 Å². The van der Waals surface area contributed by atoms with Gasteiger partial charge in [0.25, 0.3) is 0 Å². The summed E-state index contributed by atoms with van der Waals surface area (Å²) in [7, 11) is 2.06. The van der Waals surface area contributed by atoms with Crippen molar-refractivity contribution in [3.63, 3.8) is 0 Å². The van der Waals surface area contributed by atoms with E-state index in [0.29, 0.717) is 0 Å². The molecule has 0 fully saturated rings. The normalized spacial score (nSPS) is 19.4. The standard InChI is InChI=1S/C17H19N5S/c1-12-5-3-9-22-17(12)19-15(20-22)7-8-16-18-13(11-21(16)2)14-6-4-10-23-14/h3-6,9-11,17H,7-8H2,1-2H3,(H,19,20). The third-order valence-electron chi connectivity index (χ3n) is 4.14. The molecule has 2 aromatic rings. The molecule has 0 spiro atoms. The van der Waals surface area contributed by atoms with E-state index >= 15 is 0 Å². The number of rotatable bonds is 4. The third kappa shape index (κ3) is 2.70. The number of nitrogens with one attached hydrogen (secondary N) is 1. The summed E-state index contributed by atoms with van der Waals surface area (Å²) in [4.78, 5) is 10.8. The second kappa shape index (κ2) is 5.70. The van der Waals surface area contributed by atoms with Crippen LogP contribution in [0.4, 0.5) is 0 Å². The van der Waals surface area contributed by atoms with Crippen LogP contribution in [0.5, 0.6) is 0 Å². The van der Waals surface area contributed by atoms with E-state index in [0.717, 1.165) is 30.2 Å². The Balaban J connectivity index is 1.45. The van der Waals surface area contributed by atoms with Crippen LogP contribution in [-0.2, 0) is 13.5 Å². The van der Waals surface area contributed by atoms with Gasteiger partial charge in [-0.3, -0.25) is 10.4 Å². The third-order valence-corrected chi connectivity index (χ3v) is 5.04. The highest BCUT2D eigenvalue weighted by molar-refractivity contribution is 7.13. The van der Waals surface area contributed by atoms with E-state index in [2.05, 4.69) is 58.8 Å². The van der Waals surface area contributed by atoms with Crippen molar-refractivity contribution < 1.29 is 0 Å². The fraction of sp³-hybridized carbons (Fsp3) is 0.294. The van der Waals surface area contributed by atoms with Crippen LogP contribution in [-0.4, -0.2) is 26.6 Å². The zero-order chi connectivity index (χ0) is 15.8. The van der Waals surface area contributed by atoms with Gasteiger partial charge in [-0.05, 0) is 30.0 Å². The number of nitrogens with zero attached hydrogens (tertiary/aromatic N) is 4. The number of hydrogen-bond donors (Lipinski definition) is 1. The van der Waals surface area contributed by atoms with Crippen LogP contribution in [0, 0.1) is 0 Å². The number of thiophene rings is 1. The minimum Gasteiger partial charge on any atom is -0.337 e. The molecule has 118 valence electrons. The van der Waals surface area contributed by atoms with Gasteiger partial charge in [0, 0.05) is 32.3 Å². The van der Waals surface area contributed by atoms with Crippen LogP contribution in [0.25, 0.3) is 10.6 Å². The molecular weight excluding hydrogens is 306 g/mol.